The minimum absolute atomic E-state index is 0.215. The third-order valence-corrected chi connectivity index (χ3v) is 18.3. The summed E-state index contributed by atoms with van der Waals surface area (Å²) in [6, 6.07) is 21.1. The summed E-state index contributed by atoms with van der Waals surface area (Å²) < 4.78 is 66.3. The molecule has 14 nitrogen and oxygen atoms in total. The van der Waals surface area contributed by atoms with Gasteiger partial charge in [-0.25, -0.2) is 16.8 Å². The molecule has 18 heteroatoms. The quantitative estimate of drug-likeness (QED) is 0.0484. The molecule has 2 unspecified atom stereocenters. The van der Waals surface area contributed by atoms with Crippen LogP contribution in [0.2, 0.25) is 0 Å². The lowest BCUT2D eigenvalue weighted by Crippen LogP contribution is -2.35. The number of sulfonamides is 2. The Labute approximate surface area is 395 Å². The summed E-state index contributed by atoms with van der Waals surface area (Å²) in [5.74, 6) is 0.771. The number of nitrogens with one attached hydrogen (secondary N) is 4. The number of benzene rings is 2. The fourth-order valence-corrected chi connectivity index (χ4v) is 13.5. The first-order valence-corrected chi connectivity index (χ1v) is 27.4. The Morgan fingerprint density at radius 2 is 1.02 bits per heavy atom. The summed E-state index contributed by atoms with van der Waals surface area (Å²) in [5.41, 5.74) is 0.999. The van der Waals surface area contributed by atoms with E-state index >= 15 is 0 Å². The zero-order valence-corrected chi connectivity index (χ0v) is 41.6. The van der Waals surface area contributed by atoms with Gasteiger partial charge in [0.2, 0.25) is 0 Å². The van der Waals surface area contributed by atoms with Crippen molar-refractivity contribution in [3.63, 3.8) is 0 Å². The van der Waals surface area contributed by atoms with Crippen molar-refractivity contribution in [2.75, 3.05) is 53.5 Å². The van der Waals surface area contributed by atoms with Gasteiger partial charge in [0.15, 0.2) is 0 Å². The number of nitrogens with zero attached hydrogens (tertiary/aromatic N) is 2. The van der Waals surface area contributed by atoms with Crippen LogP contribution in [0.5, 0.6) is 11.5 Å². The zero-order valence-electron chi connectivity index (χ0n) is 38.3. The van der Waals surface area contributed by atoms with Crippen molar-refractivity contribution in [1.82, 2.24) is 29.9 Å². The van der Waals surface area contributed by atoms with Crippen LogP contribution < -0.4 is 30.7 Å². The molecule has 0 aliphatic carbocycles. The summed E-state index contributed by atoms with van der Waals surface area (Å²) in [6.45, 7) is 8.92. The van der Waals surface area contributed by atoms with E-state index in [9.17, 15) is 26.4 Å². The van der Waals surface area contributed by atoms with Crippen LogP contribution in [0.1, 0.15) is 115 Å². The molecule has 2 aromatic heterocycles. The molecule has 2 fully saturated rings. The minimum atomic E-state index is -3.51. The van der Waals surface area contributed by atoms with E-state index in [-0.39, 0.29) is 37.0 Å². The lowest BCUT2D eigenvalue weighted by atomic mass is 10.1. The molecule has 0 bridgehead atoms. The first-order chi connectivity index (χ1) is 31.4. The summed E-state index contributed by atoms with van der Waals surface area (Å²) in [6.07, 6.45) is 12.7. The SMILES string of the molecule is CCCCCCCCNC1CCN(S(=O)(=O)c2ccc(CNC(=O)c3cccc(OC)c3)s2)C1.CCCCCNC1CCN(S(=O)(=O)c2ccc(CNC(=O)c3cccc(OC)c3)s2)C1. The fraction of sp³-hybridized carbons (Fsp3) is 0.532. The smallest absolute Gasteiger partial charge is 0.252 e. The molecular weight excluding hydrogens is 905 g/mol. The van der Waals surface area contributed by atoms with Crippen LogP contribution in [0.3, 0.4) is 0 Å². The first-order valence-electron chi connectivity index (χ1n) is 22.9. The number of thiophene rings is 2. The fourth-order valence-electron chi connectivity index (χ4n) is 7.62. The Bertz CT molecular complexity index is 2320. The maximum atomic E-state index is 13.1. The van der Waals surface area contributed by atoms with Crippen LogP contribution in [-0.4, -0.2) is 103 Å². The first kappa shape index (κ1) is 52.1. The molecule has 2 saturated heterocycles. The molecule has 0 spiro atoms. The van der Waals surface area contributed by atoms with Crippen LogP contribution in [0.25, 0.3) is 0 Å². The summed E-state index contributed by atoms with van der Waals surface area (Å²) in [5, 5.41) is 12.7. The largest absolute Gasteiger partial charge is 0.497 e. The Morgan fingerprint density at radius 3 is 1.46 bits per heavy atom. The van der Waals surface area contributed by atoms with Crippen LogP contribution in [0.15, 0.2) is 81.2 Å². The van der Waals surface area contributed by atoms with E-state index in [0.29, 0.717) is 57.2 Å². The van der Waals surface area contributed by atoms with E-state index in [1.807, 2.05) is 0 Å². The summed E-state index contributed by atoms with van der Waals surface area (Å²) in [7, 11) is -3.91. The molecule has 0 saturated carbocycles. The van der Waals surface area contributed by atoms with Gasteiger partial charge in [0.25, 0.3) is 31.9 Å². The molecule has 4 heterocycles. The number of hydrogen-bond donors (Lipinski definition) is 4. The monoisotopic (exact) mass is 972 g/mol. The molecule has 2 aliphatic heterocycles. The number of methoxy groups -OCH3 is 2. The number of unbranched alkanes of at least 4 members (excludes halogenated alkanes) is 7. The standard InChI is InChI=1S/C25H37N3O4S2.C22H31N3O4S2/c1-3-4-5-6-7-8-15-26-21-14-16-28(19-21)34(30,31)24-13-12-23(33-24)18-27-25(29)20-10-9-11-22(17-20)32-2;1-3-4-5-12-23-18-11-13-25(16-18)31(27,28)21-10-9-20(30-21)15-24-22(26)17-7-6-8-19(14-17)29-2/h9-13,17,21,26H,3-8,14-16,18-19H2,1-2H3,(H,27,29);6-10,14,18,23H,3-5,11-13,15-16H2,1-2H3,(H,24,26). The Balaban J connectivity index is 0.000000245. The maximum absolute atomic E-state index is 13.1. The van der Waals surface area contributed by atoms with Crippen LogP contribution >= 0.6 is 22.7 Å². The maximum Gasteiger partial charge on any atom is 0.252 e. The van der Waals surface area contributed by atoms with E-state index < -0.39 is 20.0 Å². The Hall–Kier alpha value is -3.88. The molecule has 4 aromatic rings. The van der Waals surface area contributed by atoms with Crippen molar-refractivity contribution in [1.29, 1.82) is 0 Å². The highest BCUT2D eigenvalue weighted by Gasteiger charge is 2.34. The van der Waals surface area contributed by atoms with Gasteiger partial charge in [0.1, 0.15) is 19.9 Å². The van der Waals surface area contributed by atoms with Crippen LogP contribution in [0.4, 0.5) is 0 Å². The van der Waals surface area contributed by atoms with Gasteiger partial charge >= 0.3 is 0 Å². The number of ether oxygens (including phenoxy) is 2. The Morgan fingerprint density at radius 1 is 0.600 bits per heavy atom. The van der Waals surface area contributed by atoms with Gasteiger partial charge in [-0.2, -0.15) is 8.61 Å². The normalized spacial score (nSPS) is 16.8. The third-order valence-electron chi connectivity index (χ3n) is 11.5. The number of hydrogen-bond acceptors (Lipinski definition) is 12. The molecule has 2 atom stereocenters. The second kappa shape index (κ2) is 26.5. The zero-order chi connectivity index (χ0) is 46.7. The van der Waals surface area contributed by atoms with E-state index in [1.54, 1.807) is 95.6 Å². The summed E-state index contributed by atoms with van der Waals surface area (Å²) in [4.78, 5) is 26.4. The number of carbonyl (C=O) groups excluding carboxylic acids is 2. The van der Waals surface area contributed by atoms with Crippen molar-refractivity contribution in [2.45, 2.75) is 118 Å². The van der Waals surface area contributed by atoms with Gasteiger partial charge in [-0.3, -0.25) is 9.59 Å². The van der Waals surface area contributed by atoms with Gasteiger partial charge in [-0.15, -0.1) is 22.7 Å². The topological polar surface area (TPSA) is 175 Å². The van der Waals surface area contributed by atoms with Gasteiger partial charge in [-0.1, -0.05) is 70.9 Å². The molecular formula is C47H68N6O8S4. The van der Waals surface area contributed by atoms with Gasteiger partial charge in [0, 0.05) is 59.1 Å². The van der Waals surface area contributed by atoms with Gasteiger partial charge in [-0.05, 0) is 99.4 Å². The van der Waals surface area contributed by atoms with Crippen molar-refractivity contribution in [3.05, 3.63) is 93.7 Å². The van der Waals surface area contributed by atoms with Gasteiger partial charge < -0.3 is 30.7 Å². The predicted octanol–water partition coefficient (Wildman–Crippen LogP) is 7.63. The molecule has 2 aliphatic rings. The highest BCUT2D eigenvalue weighted by Crippen LogP contribution is 2.29. The average Bonchev–Trinajstić information content (AvgIpc) is 4.18. The van der Waals surface area contributed by atoms with Gasteiger partial charge in [0.05, 0.1) is 27.3 Å². The molecule has 2 aromatic carbocycles. The van der Waals surface area contributed by atoms with Crippen molar-refractivity contribution in [2.24, 2.45) is 0 Å². The Kier molecular flexibility index (Phi) is 21.2. The number of amides is 2. The van der Waals surface area contributed by atoms with E-state index in [2.05, 4.69) is 35.1 Å². The third kappa shape index (κ3) is 15.9. The summed E-state index contributed by atoms with van der Waals surface area (Å²) >= 11 is 2.42. The molecule has 65 heavy (non-hydrogen) atoms. The second-order valence-electron chi connectivity index (χ2n) is 16.4. The van der Waals surface area contributed by atoms with E-state index in [0.717, 1.165) is 48.5 Å². The van der Waals surface area contributed by atoms with E-state index in [4.69, 9.17) is 9.47 Å². The van der Waals surface area contributed by atoms with Crippen molar-refractivity contribution in [3.8, 4) is 11.5 Å². The molecule has 4 N–H and O–H groups in total. The lowest BCUT2D eigenvalue weighted by molar-refractivity contribution is 0.0943. The van der Waals surface area contributed by atoms with Crippen molar-refractivity contribution >= 4 is 54.5 Å². The predicted molar refractivity (Wildman–Crippen MR) is 260 cm³/mol. The van der Waals surface area contributed by atoms with Crippen LogP contribution in [0, 0.1) is 0 Å². The van der Waals surface area contributed by atoms with Crippen LogP contribution in [-0.2, 0) is 33.1 Å². The number of carbonyl (C=O) groups is 2. The molecule has 6 rings (SSSR count). The molecule has 2 amide bonds. The molecule has 358 valence electrons. The van der Waals surface area contributed by atoms with E-state index in [1.165, 1.54) is 67.6 Å². The highest BCUT2D eigenvalue weighted by molar-refractivity contribution is 7.91. The minimum Gasteiger partial charge on any atom is -0.497 e. The number of rotatable bonds is 25. The average molecular weight is 973 g/mol. The lowest BCUT2D eigenvalue weighted by Gasteiger charge is -2.16. The second-order valence-corrected chi connectivity index (χ2v) is 23.0. The van der Waals surface area contributed by atoms with Crippen molar-refractivity contribution < 1.29 is 35.9 Å². The highest BCUT2D eigenvalue weighted by atomic mass is 32.3. The molecule has 0 radical (unpaired) electrons.